The lowest BCUT2D eigenvalue weighted by molar-refractivity contribution is -0.189. The molecule has 45 heavy (non-hydrogen) atoms. The third-order valence-electron chi connectivity index (χ3n) is 8.16. The van der Waals surface area contributed by atoms with Crippen LogP contribution >= 0.6 is 11.6 Å². The first-order valence-electron chi connectivity index (χ1n) is 15.0. The lowest BCUT2D eigenvalue weighted by Gasteiger charge is -2.35. The van der Waals surface area contributed by atoms with Crippen molar-refractivity contribution in [2.45, 2.75) is 84.4 Å². The number of fused-ring (bicyclic) bond motifs is 5. The highest BCUT2D eigenvalue weighted by Gasteiger charge is 2.50. The van der Waals surface area contributed by atoms with Crippen molar-refractivity contribution in [3.05, 3.63) is 51.3 Å². The summed E-state index contributed by atoms with van der Waals surface area (Å²) in [5.41, 5.74) is 0.723. The molecule has 240 valence electrons. The summed E-state index contributed by atoms with van der Waals surface area (Å²) in [6, 6.07) is 6.71. The molecule has 2 aliphatic heterocycles. The summed E-state index contributed by atoms with van der Waals surface area (Å²) in [7, 11) is -2.27. The fourth-order valence-corrected chi connectivity index (χ4v) is 8.53. The van der Waals surface area contributed by atoms with Crippen molar-refractivity contribution in [2.24, 2.45) is 0 Å². The monoisotopic (exact) mass is 655 g/mol. The van der Waals surface area contributed by atoms with Crippen LogP contribution in [0.1, 0.15) is 63.6 Å². The lowest BCUT2D eigenvalue weighted by Crippen LogP contribution is -2.47. The molecule has 0 aliphatic carbocycles. The third kappa shape index (κ3) is 5.93. The number of alkyl halides is 1. The number of phenols is 1. The number of halogens is 1. The van der Waals surface area contributed by atoms with E-state index in [2.05, 4.69) is 18.4 Å². The van der Waals surface area contributed by atoms with Gasteiger partial charge in [-0.2, -0.15) is 0 Å². The molecular formula is C32H38ClN3O8Si. The Hall–Kier alpha value is -3.90. The van der Waals surface area contributed by atoms with Gasteiger partial charge < -0.3 is 29.2 Å². The van der Waals surface area contributed by atoms with Crippen LogP contribution in [0.15, 0.2) is 29.1 Å². The van der Waals surface area contributed by atoms with Gasteiger partial charge in [0, 0.05) is 29.4 Å². The number of nitrogens with one attached hydrogen (secondary N) is 1. The van der Waals surface area contributed by atoms with Gasteiger partial charge in [-0.15, -0.1) is 11.6 Å². The zero-order chi connectivity index (χ0) is 32.9. The van der Waals surface area contributed by atoms with Crippen molar-refractivity contribution in [1.29, 1.82) is 0 Å². The normalized spacial score (nSPS) is 17.3. The van der Waals surface area contributed by atoms with E-state index in [-0.39, 0.29) is 61.4 Å². The molecule has 1 atom stereocenters. The summed E-state index contributed by atoms with van der Waals surface area (Å²) in [5.74, 6) is -1.31. The van der Waals surface area contributed by atoms with Gasteiger partial charge in [0.2, 0.25) is 5.60 Å². The van der Waals surface area contributed by atoms with E-state index in [1.807, 2.05) is 0 Å². The second-order valence-electron chi connectivity index (χ2n) is 13.1. The summed E-state index contributed by atoms with van der Waals surface area (Å²) in [6.45, 7) is 11.4. The van der Waals surface area contributed by atoms with Crippen molar-refractivity contribution in [2.75, 3.05) is 12.0 Å². The van der Waals surface area contributed by atoms with Gasteiger partial charge >= 0.3 is 18.0 Å². The van der Waals surface area contributed by atoms with Gasteiger partial charge in [0.05, 0.1) is 37.1 Å². The Bertz CT molecular complexity index is 1780. The predicted octanol–water partition coefficient (Wildman–Crippen LogP) is 4.33. The number of rotatable bonds is 8. The number of carbonyl (C=O) groups excluding carboxylic acids is 3. The molecule has 0 saturated carbocycles. The Morgan fingerprint density at radius 3 is 2.60 bits per heavy atom. The minimum Gasteiger partial charge on any atom is -0.508 e. The molecule has 1 amide bonds. The molecule has 3 aromatic rings. The summed E-state index contributed by atoms with van der Waals surface area (Å²) in [5, 5.41) is 14.7. The number of hydrogen-bond donors (Lipinski definition) is 2. The quantitative estimate of drug-likeness (QED) is 0.0931. The number of aromatic nitrogens is 2. The van der Waals surface area contributed by atoms with Gasteiger partial charge in [0.15, 0.2) is 0 Å². The number of carbonyl (C=O) groups is 3. The van der Waals surface area contributed by atoms with Crippen molar-refractivity contribution in [3.8, 4) is 17.1 Å². The Kier molecular flexibility index (Phi) is 8.51. The number of nitrogens with zero attached hydrogens (tertiary/aromatic N) is 2. The third-order valence-corrected chi connectivity index (χ3v) is 12.8. The summed E-state index contributed by atoms with van der Waals surface area (Å²) in [6.07, 6.45) is -0.401. The fourth-order valence-electron chi connectivity index (χ4n) is 6.05. The number of cyclic esters (lactones) is 1. The zero-order valence-electron chi connectivity index (χ0n) is 26.3. The first-order valence-corrected chi connectivity index (χ1v) is 18.7. The highest BCUT2D eigenvalue weighted by atomic mass is 35.5. The van der Waals surface area contributed by atoms with Crippen LogP contribution < -0.4 is 16.1 Å². The number of hydrogen-bond acceptors (Lipinski definition) is 9. The smallest absolute Gasteiger partial charge is 0.407 e. The first-order chi connectivity index (χ1) is 21.1. The van der Waals surface area contributed by atoms with Gasteiger partial charge in [-0.25, -0.2) is 14.6 Å². The molecule has 2 aliphatic rings. The summed E-state index contributed by atoms with van der Waals surface area (Å²) in [4.78, 5) is 57.3. The van der Waals surface area contributed by atoms with Crippen LogP contribution in [0.5, 0.6) is 5.75 Å². The summed E-state index contributed by atoms with van der Waals surface area (Å²) < 4.78 is 18.1. The largest absolute Gasteiger partial charge is 0.508 e. The molecule has 0 unspecified atom stereocenters. The van der Waals surface area contributed by atoms with Crippen molar-refractivity contribution < 1.29 is 33.7 Å². The number of aromatic hydroxyl groups is 1. The SMILES string of the molecule is CC[C@@]1(OC(=O)CCCNC(=O)OC(C)(C)C)C(=O)OCc2c1cc1n(c2=O)Cc2c-1nc1ccc(O)cc1c2[Si](C)(C)CCl. The maximum Gasteiger partial charge on any atom is 0.407 e. The molecule has 13 heteroatoms. The van der Waals surface area contributed by atoms with Gasteiger partial charge in [0.1, 0.15) is 18.0 Å². The predicted molar refractivity (Wildman–Crippen MR) is 171 cm³/mol. The minimum absolute atomic E-state index is 0.0400. The molecule has 1 aromatic carbocycles. The standard InChI is InChI=1S/C32H38ClN3O8Si/c1-7-32(43-25(38)9-8-12-34-30(41)44-31(2,3)4)22-14-24-26-20(15-36(24)28(39)21(22)16-42-29(32)40)27(45(5,6)17-33)19-13-18(37)10-11-23(19)35-26/h10-11,13-14,37H,7-9,12,15-17H2,1-6H3,(H,34,41)/t32-/m0/s1. The number of alkyl carbamates (subject to hydrolysis) is 1. The average Bonchev–Trinajstić information content (AvgIpc) is 3.33. The maximum atomic E-state index is 14.0. The molecule has 0 radical (unpaired) electrons. The number of pyridine rings is 2. The van der Waals surface area contributed by atoms with Crippen LogP contribution in [-0.4, -0.2) is 58.4 Å². The topological polar surface area (TPSA) is 146 Å². The molecule has 0 spiro atoms. The van der Waals surface area contributed by atoms with E-state index in [0.29, 0.717) is 22.4 Å². The molecule has 11 nitrogen and oxygen atoms in total. The Balaban J connectivity index is 1.52. The van der Waals surface area contributed by atoms with E-state index < -0.39 is 37.3 Å². The van der Waals surface area contributed by atoms with Gasteiger partial charge in [-0.1, -0.05) is 20.0 Å². The highest BCUT2D eigenvalue weighted by Crippen LogP contribution is 2.41. The Morgan fingerprint density at radius 2 is 1.93 bits per heavy atom. The van der Waals surface area contributed by atoms with E-state index in [1.54, 1.807) is 56.5 Å². The molecule has 4 heterocycles. The molecule has 2 aromatic heterocycles. The first kappa shape index (κ1) is 32.5. The number of amides is 1. The number of ether oxygens (including phenoxy) is 3. The molecule has 2 N–H and O–H groups in total. The molecule has 0 bridgehead atoms. The average molecular weight is 656 g/mol. The van der Waals surface area contributed by atoms with Crippen LogP contribution in [0, 0.1) is 0 Å². The van der Waals surface area contributed by atoms with Gasteiger partial charge in [-0.05, 0) is 68.6 Å². The molecule has 0 saturated heterocycles. The Morgan fingerprint density at radius 1 is 1.20 bits per heavy atom. The van der Waals surface area contributed by atoms with Gasteiger partial charge in [-0.3, -0.25) is 9.59 Å². The lowest BCUT2D eigenvalue weighted by atomic mass is 9.85. The second kappa shape index (κ2) is 11.8. The van der Waals surface area contributed by atoms with Gasteiger partial charge in [0.25, 0.3) is 5.56 Å². The van der Waals surface area contributed by atoms with E-state index in [4.69, 9.17) is 30.8 Å². The highest BCUT2D eigenvalue weighted by molar-refractivity contribution is 6.95. The summed E-state index contributed by atoms with van der Waals surface area (Å²) >= 11 is 6.50. The number of benzene rings is 1. The number of esters is 2. The molecule has 0 fully saturated rings. The molecule has 5 rings (SSSR count). The van der Waals surface area contributed by atoms with E-state index >= 15 is 0 Å². The van der Waals surface area contributed by atoms with Crippen LogP contribution in [0.2, 0.25) is 13.1 Å². The fraction of sp³-hybridized carbons (Fsp3) is 0.469. The zero-order valence-corrected chi connectivity index (χ0v) is 28.1. The van der Waals surface area contributed by atoms with Crippen molar-refractivity contribution in [1.82, 2.24) is 14.9 Å². The van der Waals surface area contributed by atoms with Crippen LogP contribution in [-0.2, 0) is 42.6 Å². The van der Waals surface area contributed by atoms with E-state index in [9.17, 15) is 24.3 Å². The molecular weight excluding hydrogens is 618 g/mol. The second-order valence-corrected chi connectivity index (χ2v) is 18.4. The number of phenolic OH excluding ortho intramolecular Hbond substituents is 1. The van der Waals surface area contributed by atoms with Crippen molar-refractivity contribution >= 4 is 53.8 Å². The van der Waals surface area contributed by atoms with Crippen LogP contribution in [0.4, 0.5) is 4.79 Å². The van der Waals surface area contributed by atoms with E-state index in [0.717, 1.165) is 16.1 Å². The van der Waals surface area contributed by atoms with Crippen LogP contribution in [0.25, 0.3) is 22.3 Å². The van der Waals surface area contributed by atoms with E-state index in [1.165, 1.54) is 0 Å². The van der Waals surface area contributed by atoms with Crippen LogP contribution in [0.3, 0.4) is 0 Å². The van der Waals surface area contributed by atoms with Crippen molar-refractivity contribution in [3.63, 3.8) is 0 Å². The minimum atomic E-state index is -2.27. The Labute approximate surface area is 266 Å². The maximum absolute atomic E-state index is 14.0.